The minimum Gasteiger partial charge on any atom is -0.459 e. The van der Waals surface area contributed by atoms with Crippen LogP contribution < -0.4 is 5.43 Å². The van der Waals surface area contributed by atoms with Crippen molar-refractivity contribution in [3.63, 3.8) is 0 Å². The molecule has 0 amide bonds. The quantitative estimate of drug-likeness (QED) is 0.874. The molecule has 0 spiro atoms. The lowest BCUT2D eigenvalue weighted by molar-refractivity contribution is 0.0426. The molecule has 5 nitrogen and oxygen atoms in total. The third kappa shape index (κ3) is 2.10. The molecule has 0 radical (unpaired) electrons. The summed E-state index contributed by atoms with van der Waals surface area (Å²) in [5.74, 6) is -3.09. The number of hydrogen-bond acceptors (Lipinski definition) is 5. The van der Waals surface area contributed by atoms with Crippen molar-refractivity contribution in [2.75, 3.05) is 13.2 Å². The van der Waals surface area contributed by atoms with Crippen LogP contribution in [0.1, 0.15) is 22.7 Å². The Hall–Kier alpha value is -1.93. The summed E-state index contributed by atoms with van der Waals surface area (Å²) in [6, 6.07) is 1.74. The summed E-state index contributed by atoms with van der Waals surface area (Å²) in [7, 11) is 0. The van der Waals surface area contributed by atoms with Crippen molar-refractivity contribution in [2.45, 2.75) is 17.3 Å². The number of esters is 1. The van der Waals surface area contributed by atoms with Gasteiger partial charge in [-0.25, -0.2) is 13.6 Å². The molecule has 0 bridgehead atoms. The van der Waals surface area contributed by atoms with Crippen molar-refractivity contribution in [3.05, 3.63) is 39.6 Å². The van der Waals surface area contributed by atoms with Gasteiger partial charge in [0.1, 0.15) is 12.2 Å². The Kier molecular flexibility index (Phi) is 3.65. The summed E-state index contributed by atoms with van der Waals surface area (Å²) < 4.78 is 33.3. The van der Waals surface area contributed by atoms with Crippen LogP contribution >= 0.6 is 11.8 Å². The van der Waals surface area contributed by atoms with Crippen molar-refractivity contribution >= 4 is 28.6 Å². The summed E-state index contributed by atoms with van der Waals surface area (Å²) in [5.41, 5.74) is -0.679. The van der Waals surface area contributed by atoms with Gasteiger partial charge in [0.25, 0.3) is 0 Å². The molecule has 1 N–H and O–H groups in total. The number of benzene rings is 1. The van der Waals surface area contributed by atoms with Gasteiger partial charge >= 0.3 is 5.97 Å². The minimum atomic E-state index is -1.15. The molecule has 1 aliphatic rings. The molecular weight excluding hydrogens is 316 g/mol. The Balaban J connectivity index is 2.29. The molecule has 2 heterocycles. The lowest BCUT2D eigenvalue weighted by atomic mass is 10.1. The molecule has 116 valence electrons. The second-order valence-electron chi connectivity index (χ2n) is 4.74. The van der Waals surface area contributed by atoms with Crippen LogP contribution in [0.4, 0.5) is 8.78 Å². The van der Waals surface area contributed by atoms with Crippen molar-refractivity contribution in [3.8, 4) is 0 Å². The summed E-state index contributed by atoms with van der Waals surface area (Å²) in [4.78, 5) is 24.4. The third-order valence-corrected chi connectivity index (χ3v) is 4.55. The Morgan fingerprint density at radius 3 is 2.73 bits per heavy atom. The van der Waals surface area contributed by atoms with Gasteiger partial charge in [-0.15, -0.1) is 0 Å². The second-order valence-corrected chi connectivity index (χ2v) is 6.04. The lowest BCUT2D eigenvalue weighted by Crippen LogP contribution is -2.29. The van der Waals surface area contributed by atoms with Crippen LogP contribution in [0, 0.1) is 11.6 Å². The van der Waals surface area contributed by atoms with Crippen LogP contribution in [0.3, 0.4) is 0 Å². The average molecular weight is 327 g/mol. The smallest absolute Gasteiger partial charge is 0.344 e. The number of rotatable bonds is 3. The number of carbonyl (C=O) groups excluding carboxylic acids is 1. The van der Waals surface area contributed by atoms with E-state index >= 15 is 0 Å². The summed E-state index contributed by atoms with van der Waals surface area (Å²) in [5, 5.41) is 8.86. The maximum Gasteiger partial charge on any atom is 0.344 e. The van der Waals surface area contributed by atoms with Gasteiger partial charge in [-0.05, 0) is 13.0 Å². The van der Waals surface area contributed by atoms with Gasteiger partial charge in [-0.2, -0.15) is 0 Å². The van der Waals surface area contributed by atoms with E-state index in [-0.39, 0.29) is 35.1 Å². The number of hydrogen-bond donors (Lipinski definition) is 1. The monoisotopic (exact) mass is 327 g/mol. The van der Waals surface area contributed by atoms with Crippen molar-refractivity contribution in [1.82, 2.24) is 4.57 Å². The fourth-order valence-corrected chi connectivity index (χ4v) is 3.56. The zero-order valence-electron chi connectivity index (χ0n) is 11.4. The van der Waals surface area contributed by atoms with Crippen LogP contribution in [-0.2, 0) is 4.74 Å². The number of aromatic nitrogens is 1. The maximum atomic E-state index is 13.5. The molecule has 1 aromatic heterocycles. The van der Waals surface area contributed by atoms with E-state index in [2.05, 4.69) is 0 Å². The molecule has 2 aromatic rings. The SMILES string of the molecule is CC1Sc2c(C(=O)OCCO)c(=O)c3cc(F)c(F)cc3n21. The lowest BCUT2D eigenvalue weighted by Gasteiger charge is -2.32. The summed E-state index contributed by atoms with van der Waals surface area (Å²) in [6.07, 6.45) is 0. The molecule has 0 aliphatic carbocycles. The van der Waals surface area contributed by atoms with Crippen molar-refractivity contribution in [2.24, 2.45) is 0 Å². The van der Waals surface area contributed by atoms with E-state index in [1.165, 1.54) is 11.8 Å². The van der Waals surface area contributed by atoms with E-state index in [9.17, 15) is 18.4 Å². The summed E-state index contributed by atoms with van der Waals surface area (Å²) in [6.45, 7) is 1.20. The minimum absolute atomic E-state index is 0.0780. The van der Waals surface area contributed by atoms with Gasteiger partial charge in [0, 0.05) is 11.5 Å². The number of thioether (sulfide) groups is 1. The number of fused-ring (bicyclic) bond motifs is 3. The Labute approximate surface area is 127 Å². The summed E-state index contributed by atoms with van der Waals surface area (Å²) >= 11 is 1.26. The van der Waals surface area contributed by atoms with Gasteiger partial charge in [-0.3, -0.25) is 4.79 Å². The zero-order valence-corrected chi connectivity index (χ0v) is 12.2. The first-order chi connectivity index (χ1) is 10.5. The highest BCUT2D eigenvalue weighted by molar-refractivity contribution is 8.00. The first kappa shape index (κ1) is 15.0. The third-order valence-electron chi connectivity index (χ3n) is 3.38. The molecule has 0 fully saturated rings. The average Bonchev–Trinajstić information content (AvgIpc) is 2.46. The van der Waals surface area contributed by atoms with E-state index in [0.717, 1.165) is 12.1 Å². The number of carbonyl (C=O) groups is 1. The highest BCUT2D eigenvalue weighted by Gasteiger charge is 2.33. The molecule has 3 rings (SSSR count). The first-order valence-electron chi connectivity index (χ1n) is 6.47. The molecule has 1 atom stereocenters. The Morgan fingerprint density at radius 2 is 2.09 bits per heavy atom. The fourth-order valence-electron chi connectivity index (χ4n) is 2.41. The first-order valence-corrected chi connectivity index (χ1v) is 7.35. The van der Waals surface area contributed by atoms with Crippen LogP contribution in [0.5, 0.6) is 0 Å². The van der Waals surface area contributed by atoms with Crippen LogP contribution in [0.15, 0.2) is 22.0 Å². The fraction of sp³-hybridized carbons (Fsp3) is 0.286. The topological polar surface area (TPSA) is 68.5 Å². The van der Waals surface area contributed by atoms with Gasteiger partial charge in [-0.1, -0.05) is 11.8 Å². The molecule has 1 aliphatic heterocycles. The largest absolute Gasteiger partial charge is 0.459 e. The van der Waals surface area contributed by atoms with Crippen molar-refractivity contribution in [1.29, 1.82) is 0 Å². The number of nitrogens with zero attached hydrogens (tertiary/aromatic N) is 1. The molecule has 1 unspecified atom stereocenters. The number of aliphatic hydroxyl groups is 1. The van der Waals surface area contributed by atoms with Crippen molar-refractivity contribution < 1.29 is 23.4 Å². The number of ether oxygens (including phenoxy) is 1. The van der Waals surface area contributed by atoms with E-state index in [0.29, 0.717) is 5.03 Å². The predicted octanol–water partition coefficient (Wildman–Crippen LogP) is 2.05. The van der Waals surface area contributed by atoms with Crippen LogP contribution in [0.25, 0.3) is 10.9 Å². The van der Waals surface area contributed by atoms with E-state index in [4.69, 9.17) is 9.84 Å². The highest BCUT2D eigenvalue weighted by atomic mass is 32.2. The zero-order chi connectivity index (χ0) is 16.0. The Bertz CT molecular complexity index is 849. The standard InChI is InChI=1S/C14H11F2NO4S/c1-6-17-10-5-9(16)8(15)4-7(10)12(19)11(13(17)22-6)14(20)21-3-2-18/h4-6,18H,2-3H2,1H3. The molecule has 22 heavy (non-hydrogen) atoms. The predicted molar refractivity (Wildman–Crippen MR) is 76.1 cm³/mol. The van der Waals surface area contributed by atoms with Gasteiger partial charge in [0.2, 0.25) is 5.43 Å². The van der Waals surface area contributed by atoms with E-state index in [1.54, 1.807) is 4.57 Å². The molecule has 8 heteroatoms. The number of halogens is 2. The van der Waals surface area contributed by atoms with E-state index < -0.39 is 23.0 Å². The van der Waals surface area contributed by atoms with E-state index in [1.807, 2.05) is 6.92 Å². The van der Waals surface area contributed by atoms with Crippen LogP contribution in [-0.4, -0.2) is 28.9 Å². The van der Waals surface area contributed by atoms with Crippen LogP contribution in [0.2, 0.25) is 0 Å². The second kappa shape index (κ2) is 5.36. The molecular formula is C14H11F2NO4S. The molecule has 0 saturated heterocycles. The van der Waals surface area contributed by atoms with Gasteiger partial charge < -0.3 is 14.4 Å². The number of aliphatic hydroxyl groups excluding tert-OH is 1. The van der Waals surface area contributed by atoms with Gasteiger partial charge in [0.15, 0.2) is 11.6 Å². The normalized spacial score (nSPS) is 16.3. The highest BCUT2D eigenvalue weighted by Crippen LogP contribution is 2.46. The van der Waals surface area contributed by atoms with Gasteiger partial charge in [0.05, 0.1) is 22.5 Å². The Morgan fingerprint density at radius 1 is 1.41 bits per heavy atom. The maximum absolute atomic E-state index is 13.5. The number of pyridine rings is 1. The molecule has 0 saturated carbocycles. The molecule has 1 aromatic carbocycles.